The molecular weight excluding hydrogens is 324 g/mol. The van der Waals surface area contributed by atoms with Crippen LogP contribution >= 0.6 is 15.2 Å². The zero-order valence-corrected chi connectivity index (χ0v) is 16.1. The normalized spacial score (nSPS) is 11.8. The molecule has 1 rings (SSSR count). The molecule has 0 aliphatic rings. The van der Waals surface area contributed by atoms with E-state index in [-0.39, 0.29) is 67.4 Å². The molecule has 0 radical (unpaired) electrons. The van der Waals surface area contributed by atoms with Crippen LogP contribution in [0.1, 0.15) is 2.85 Å². The van der Waals surface area contributed by atoms with Gasteiger partial charge in [-0.2, -0.15) is 0 Å². The number of rotatable bonds is 4. The predicted octanol–water partition coefficient (Wildman–Crippen LogP) is -7.71. The Labute approximate surface area is 155 Å². The van der Waals surface area contributed by atoms with Crippen LogP contribution in [-0.2, 0) is 15.7 Å². The van der Waals surface area contributed by atoms with Gasteiger partial charge in [-0.25, -0.2) is 4.98 Å². The summed E-state index contributed by atoms with van der Waals surface area (Å²) in [6.07, 6.45) is 3.51. The summed E-state index contributed by atoms with van der Waals surface area (Å²) in [4.78, 5) is 38.7. The molecule has 0 aliphatic carbocycles. The van der Waals surface area contributed by atoms with E-state index in [9.17, 15) is 14.2 Å². The van der Waals surface area contributed by atoms with E-state index in [1.807, 2.05) is 0 Å². The summed E-state index contributed by atoms with van der Waals surface area (Å²) < 4.78 is 22.8. The molecule has 0 saturated heterocycles. The largest absolute Gasteiger partial charge is 1.00 e. The maximum absolute atomic E-state index is 10.9. The van der Waals surface area contributed by atoms with Crippen LogP contribution in [0.15, 0.2) is 18.7 Å². The van der Waals surface area contributed by atoms with E-state index >= 15 is 0 Å². The molecular formula is C5H14N2Na2O8P2. The monoisotopic (exact) mass is 338 g/mol. The number of aromatic nitrogens is 2. The Morgan fingerprint density at radius 3 is 1.84 bits per heavy atom. The first kappa shape index (κ1) is 25.4. The van der Waals surface area contributed by atoms with Gasteiger partial charge in [0.15, 0.2) is 0 Å². The van der Waals surface area contributed by atoms with Gasteiger partial charge in [0.25, 0.3) is 5.08 Å². The SMILES string of the molecule is O.O=P(O)(O)C(O)(Cn1ccnc1)P(=O)(O)O.[H-].[H-].[Na+].[Na+]. The van der Waals surface area contributed by atoms with Crippen molar-refractivity contribution in [2.45, 2.75) is 11.6 Å². The molecule has 0 spiro atoms. The first-order valence-corrected chi connectivity index (χ1v) is 7.10. The van der Waals surface area contributed by atoms with E-state index in [2.05, 4.69) is 4.98 Å². The average molecular weight is 338 g/mol. The molecule has 1 heterocycles. The molecule has 7 N–H and O–H groups in total. The van der Waals surface area contributed by atoms with Gasteiger partial charge in [-0.1, -0.05) is 0 Å². The first-order chi connectivity index (χ1) is 7.08. The molecule has 14 heteroatoms. The number of hydrogen-bond donors (Lipinski definition) is 5. The quantitative estimate of drug-likeness (QED) is 0.265. The molecule has 0 aromatic carbocycles. The molecule has 0 fully saturated rings. The van der Waals surface area contributed by atoms with Crippen LogP contribution in [0.3, 0.4) is 0 Å². The maximum atomic E-state index is 10.9. The molecule has 0 bridgehead atoms. The minimum absolute atomic E-state index is 0. The van der Waals surface area contributed by atoms with E-state index in [1.54, 1.807) is 0 Å². The summed E-state index contributed by atoms with van der Waals surface area (Å²) in [7, 11) is -10.8. The minimum Gasteiger partial charge on any atom is -1.00 e. The molecule has 0 atom stereocenters. The van der Waals surface area contributed by atoms with Crippen LogP contribution in [0.2, 0.25) is 0 Å². The molecule has 0 aliphatic heterocycles. The van der Waals surface area contributed by atoms with Gasteiger partial charge in [0.05, 0.1) is 12.9 Å². The van der Waals surface area contributed by atoms with Gasteiger partial charge in [-0.05, 0) is 0 Å². The second-order valence-electron chi connectivity index (χ2n) is 3.10. The van der Waals surface area contributed by atoms with E-state index in [1.165, 1.54) is 12.4 Å². The van der Waals surface area contributed by atoms with Gasteiger partial charge < -0.3 is 37.6 Å². The van der Waals surface area contributed by atoms with Gasteiger partial charge in [0.2, 0.25) is 0 Å². The molecule has 0 amide bonds. The van der Waals surface area contributed by atoms with Gasteiger partial charge in [-0.3, -0.25) is 9.13 Å². The Kier molecular flexibility index (Phi) is 11.7. The van der Waals surface area contributed by atoms with E-state index in [0.717, 1.165) is 10.9 Å². The third-order valence-electron chi connectivity index (χ3n) is 1.89. The van der Waals surface area contributed by atoms with Crippen molar-refractivity contribution in [3.05, 3.63) is 18.7 Å². The third kappa shape index (κ3) is 5.98. The second-order valence-corrected chi connectivity index (χ2v) is 7.11. The zero-order valence-electron chi connectivity index (χ0n) is 12.3. The number of hydrogen-bond acceptors (Lipinski definition) is 4. The molecule has 0 saturated carbocycles. The number of aliphatic hydroxyl groups is 1. The summed E-state index contributed by atoms with van der Waals surface area (Å²) >= 11 is 0. The standard InChI is InChI=1S/C5H10N2O7P2.2Na.H2O.2H/c8-5(15(9,10)11,16(12,13)14)3-7-2-1-6-4-7;;;;;/h1-2,4,8H,3H2,(H2,9,10,11)(H2,12,13,14);;;1H2;;/q;2*+1;;2*-1. The molecule has 104 valence electrons. The van der Waals surface area contributed by atoms with E-state index < -0.39 is 26.8 Å². The number of nitrogens with zero attached hydrogens (tertiary/aromatic N) is 2. The Morgan fingerprint density at radius 1 is 1.16 bits per heavy atom. The molecule has 1 aromatic rings. The summed E-state index contributed by atoms with van der Waals surface area (Å²) in [6, 6.07) is 0. The third-order valence-corrected chi connectivity index (χ3v) is 5.60. The second kappa shape index (κ2) is 8.77. The summed E-state index contributed by atoms with van der Waals surface area (Å²) in [5.41, 5.74) is 0. The summed E-state index contributed by atoms with van der Waals surface area (Å²) in [5, 5.41) is 6.04. The van der Waals surface area contributed by atoms with Crippen molar-refractivity contribution in [2.24, 2.45) is 0 Å². The minimum atomic E-state index is -5.41. The van der Waals surface area contributed by atoms with Crippen molar-refractivity contribution in [1.82, 2.24) is 9.55 Å². The van der Waals surface area contributed by atoms with Gasteiger partial charge in [0, 0.05) is 12.4 Å². The van der Waals surface area contributed by atoms with Crippen LogP contribution in [-0.4, -0.2) is 44.8 Å². The Bertz CT molecular complexity index is 443. The van der Waals surface area contributed by atoms with Crippen molar-refractivity contribution < 1.29 is 101 Å². The van der Waals surface area contributed by atoms with Crippen molar-refractivity contribution >= 4 is 15.2 Å². The summed E-state index contributed by atoms with van der Waals surface area (Å²) in [5.74, 6) is 0. The van der Waals surface area contributed by atoms with Crippen LogP contribution in [0.25, 0.3) is 0 Å². The Balaban J connectivity index is -0.000000171. The van der Waals surface area contributed by atoms with Crippen molar-refractivity contribution in [3.63, 3.8) is 0 Å². The Hall–Kier alpha value is 1.43. The molecule has 10 nitrogen and oxygen atoms in total. The average Bonchev–Trinajstić information content (AvgIpc) is 2.52. The fraction of sp³-hybridized carbons (Fsp3) is 0.400. The molecule has 1 aromatic heterocycles. The first-order valence-electron chi connectivity index (χ1n) is 3.87. The predicted molar refractivity (Wildman–Crippen MR) is 57.1 cm³/mol. The Morgan fingerprint density at radius 2 is 1.58 bits per heavy atom. The van der Waals surface area contributed by atoms with Gasteiger partial charge in [-0.15, -0.1) is 0 Å². The van der Waals surface area contributed by atoms with Crippen LogP contribution in [0.5, 0.6) is 0 Å². The van der Waals surface area contributed by atoms with Crippen molar-refractivity contribution in [3.8, 4) is 0 Å². The van der Waals surface area contributed by atoms with E-state index in [0.29, 0.717) is 0 Å². The topological polar surface area (TPSA) is 185 Å². The summed E-state index contributed by atoms with van der Waals surface area (Å²) in [6.45, 7) is -0.957. The van der Waals surface area contributed by atoms with Gasteiger partial charge >= 0.3 is 74.3 Å². The van der Waals surface area contributed by atoms with E-state index in [4.69, 9.17) is 19.6 Å². The molecule has 19 heavy (non-hydrogen) atoms. The van der Waals surface area contributed by atoms with Crippen LogP contribution < -0.4 is 59.1 Å². The fourth-order valence-corrected chi connectivity index (χ4v) is 3.03. The van der Waals surface area contributed by atoms with Gasteiger partial charge in [0.1, 0.15) is 0 Å². The van der Waals surface area contributed by atoms with Crippen molar-refractivity contribution in [1.29, 1.82) is 0 Å². The van der Waals surface area contributed by atoms with Crippen molar-refractivity contribution in [2.75, 3.05) is 0 Å². The smallest absolute Gasteiger partial charge is 1.00 e. The van der Waals surface area contributed by atoms with Crippen LogP contribution in [0, 0.1) is 0 Å². The maximum Gasteiger partial charge on any atom is 1.00 e. The number of imidazole rings is 1. The zero-order chi connectivity index (χ0) is 12.6. The fourth-order valence-electron chi connectivity index (χ4n) is 0.979. The van der Waals surface area contributed by atoms with Crippen LogP contribution in [0.4, 0.5) is 0 Å². The molecule has 0 unspecified atom stereocenters.